The molecule has 5 nitrogen and oxygen atoms in total. The van der Waals surface area contributed by atoms with E-state index in [-0.39, 0.29) is 10.8 Å². The number of pyridine rings is 1. The third kappa shape index (κ3) is 6.71. The van der Waals surface area contributed by atoms with Gasteiger partial charge in [0.25, 0.3) is 0 Å². The SMILES string of the molecule is CC1=CCC[C@H](C)[C@H]1c1c(C)nn(-c2cc(Oc3ccc4c5ccccc5n(-c5cc(CC(C)C)ccn5)c4c3)cc(C(C)(C)C)c2)c1C(C)(C)C. The summed E-state index contributed by atoms with van der Waals surface area (Å²) in [5, 5.41) is 7.70. The van der Waals surface area contributed by atoms with Crippen LogP contribution in [0.4, 0.5) is 0 Å². The smallest absolute Gasteiger partial charge is 0.137 e. The highest BCUT2D eigenvalue weighted by Gasteiger charge is 2.35. The predicted octanol–water partition coefficient (Wildman–Crippen LogP) is 12.7. The van der Waals surface area contributed by atoms with Crippen molar-refractivity contribution in [3.8, 4) is 23.0 Å². The first-order valence-corrected chi connectivity index (χ1v) is 19.2. The Balaban J connectivity index is 1.37. The largest absolute Gasteiger partial charge is 0.457 e. The van der Waals surface area contributed by atoms with Crippen molar-refractivity contribution >= 4 is 21.8 Å². The van der Waals surface area contributed by atoms with Crippen LogP contribution in [0.25, 0.3) is 33.3 Å². The van der Waals surface area contributed by atoms with Gasteiger partial charge in [0.2, 0.25) is 0 Å². The summed E-state index contributed by atoms with van der Waals surface area (Å²) in [5.74, 6) is 4.03. The molecule has 0 radical (unpaired) electrons. The Labute approximate surface area is 310 Å². The lowest BCUT2D eigenvalue weighted by Gasteiger charge is -2.32. The summed E-state index contributed by atoms with van der Waals surface area (Å²) in [6, 6.07) is 26.1. The quantitative estimate of drug-likeness (QED) is 0.156. The first kappa shape index (κ1) is 35.7. The van der Waals surface area contributed by atoms with Crippen molar-refractivity contribution in [2.75, 3.05) is 0 Å². The minimum absolute atomic E-state index is 0.0959. The molecule has 0 N–H and O–H groups in total. The second-order valence-corrected chi connectivity index (χ2v) is 17.7. The number of aryl methyl sites for hydroxylation is 1. The lowest BCUT2D eigenvalue weighted by atomic mass is 9.72. The fraction of sp³-hybridized carbons (Fsp3) is 0.404. The van der Waals surface area contributed by atoms with E-state index in [9.17, 15) is 0 Å². The highest BCUT2D eigenvalue weighted by Crippen LogP contribution is 2.45. The monoisotopic (exact) mass is 692 g/mol. The number of fused-ring (bicyclic) bond motifs is 3. The van der Waals surface area contributed by atoms with Gasteiger partial charge in [-0.1, -0.05) is 92.2 Å². The normalized spacial score (nSPS) is 17.0. The molecule has 270 valence electrons. The van der Waals surface area contributed by atoms with Gasteiger partial charge in [0.15, 0.2) is 0 Å². The molecule has 6 aromatic rings. The molecular weight excluding hydrogens is 637 g/mol. The van der Waals surface area contributed by atoms with Crippen LogP contribution in [0.1, 0.15) is 116 Å². The molecule has 0 saturated heterocycles. The number of hydrogen-bond donors (Lipinski definition) is 0. The van der Waals surface area contributed by atoms with E-state index in [0.29, 0.717) is 17.8 Å². The van der Waals surface area contributed by atoms with E-state index < -0.39 is 0 Å². The van der Waals surface area contributed by atoms with Gasteiger partial charge in [-0.3, -0.25) is 4.57 Å². The minimum atomic E-state index is -0.119. The summed E-state index contributed by atoms with van der Waals surface area (Å²) in [4.78, 5) is 4.88. The third-order valence-electron chi connectivity index (χ3n) is 10.8. The van der Waals surface area contributed by atoms with Crippen molar-refractivity contribution in [3.05, 3.63) is 119 Å². The van der Waals surface area contributed by atoms with E-state index in [0.717, 1.165) is 52.6 Å². The van der Waals surface area contributed by atoms with E-state index in [4.69, 9.17) is 14.8 Å². The predicted molar refractivity (Wildman–Crippen MR) is 218 cm³/mol. The summed E-state index contributed by atoms with van der Waals surface area (Å²) in [6.45, 7) is 25.2. The number of allylic oxidation sites excluding steroid dienone is 2. The number of para-hydroxylation sites is 1. The molecule has 5 heteroatoms. The van der Waals surface area contributed by atoms with Crippen molar-refractivity contribution < 1.29 is 4.74 Å². The standard InChI is InChI=1S/C47H56N4O/c1-29(2)23-33-21-22-48-42(24-33)50-40-18-13-12-17-38(40)39-20-19-36(28-41(39)50)52-37-26-34(46(6,7)8)25-35(27-37)51-45(47(9,10)11)44(32(5)49-51)43-30(3)15-14-16-31(43)4/h12-13,15,17-22,24-29,31,43H,14,16,23H2,1-11H3/t31-,43-/m0/s1. The highest BCUT2D eigenvalue weighted by atomic mass is 16.5. The first-order valence-electron chi connectivity index (χ1n) is 19.2. The van der Waals surface area contributed by atoms with Crippen LogP contribution in [0.2, 0.25) is 0 Å². The highest BCUT2D eigenvalue weighted by molar-refractivity contribution is 6.09. The van der Waals surface area contributed by atoms with Crippen LogP contribution in [0.15, 0.2) is 90.6 Å². The molecule has 52 heavy (non-hydrogen) atoms. The molecule has 3 aromatic carbocycles. The van der Waals surface area contributed by atoms with Crippen LogP contribution in [-0.2, 0) is 17.3 Å². The van der Waals surface area contributed by atoms with Gasteiger partial charge in [-0.25, -0.2) is 9.67 Å². The lowest BCUT2D eigenvalue weighted by molar-refractivity contribution is 0.437. The van der Waals surface area contributed by atoms with E-state index in [1.54, 1.807) is 0 Å². The number of ether oxygens (including phenoxy) is 1. The van der Waals surface area contributed by atoms with Crippen molar-refractivity contribution in [1.29, 1.82) is 0 Å². The maximum absolute atomic E-state index is 6.88. The average Bonchev–Trinajstić information content (AvgIpc) is 3.59. The van der Waals surface area contributed by atoms with E-state index >= 15 is 0 Å². The zero-order chi connectivity index (χ0) is 37.1. The van der Waals surface area contributed by atoms with Gasteiger partial charge in [0, 0.05) is 46.0 Å². The Hall–Kier alpha value is -4.64. The number of benzene rings is 3. The number of nitrogens with zero attached hydrogens (tertiary/aromatic N) is 4. The van der Waals surface area contributed by atoms with Crippen molar-refractivity contribution in [3.63, 3.8) is 0 Å². The average molecular weight is 693 g/mol. The zero-order valence-electron chi connectivity index (χ0n) is 33.1. The number of aromatic nitrogens is 4. The third-order valence-corrected chi connectivity index (χ3v) is 10.8. The molecule has 0 amide bonds. The van der Waals surface area contributed by atoms with Gasteiger partial charge in [-0.2, -0.15) is 5.10 Å². The number of hydrogen-bond acceptors (Lipinski definition) is 3. The van der Waals surface area contributed by atoms with Crippen LogP contribution in [0.5, 0.6) is 11.5 Å². The summed E-state index contributed by atoms with van der Waals surface area (Å²) in [5.41, 5.74) is 10.8. The van der Waals surface area contributed by atoms with Crippen LogP contribution in [0, 0.1) is 18.8 Å². The van der Waals surface area contributed by atoms with Crippen molar-refractivity contribution in [2.45, 2.75) is 112 Å². The van der Waals surface area contributed by atoms with Crippen molar-refractivity contribution in [2.24, 2.45) is 11.8 Å². The van der Waals surface area contributed by atoms with Crippen LogP contribution in [0.3, 0.4) is 0 Å². The molecule has 0 unspecified atom stereocenters. The Morgan fingerprint density at radius 3 is 2.29 bits per heavy atom. The van der Waals surface area contributed by atoms with Crippen LogP contribution < -0.4 is 4.74 Å². The Morgan fingerprint density at radius 1 is 0.827 bits per heavy atom. The minimum Gasteiger partial charge on any atom is -0.457 e. The molecular formula is C47H56N4O. The van der Waals surface area contributed by atoms with Gasteiger partial charge in [-0.15, -0.1) is 0 Å². The molecule has 0 spiro atoms. The maximum Gasteiger partial charge on any atom is 0.137 e. The first-order chi connectivity index (χ1) is 24.6. The van der Waals surface area contributed by atoms with Crippen LogP contribution >= 0.6 is 0 Å². The Kier molecular flexibility index (Phi) is 9.21. The Bertz CT molecular complexity index is 2300. The number of rotatable bonds is 7. The van der Waals surface area contributed by atoms with Gasteiger partial charge in [0.05, 0.1) is 28.1 Å². The van der Waals surface area contributed by atoms with Gasteiger partial charge < -0.3 is 4.74 Å². The lowest BCUT2D eigenvalue weighted by Crippen LogP contribution is -2.24. The van der Waals surface area contributed by atoms with Crippen LogP contribution in [-0.4, -0.2) is 19.3 Å². The molecule has 0 saturated carbocycles. The van der Waals surface area contributed by atoms with E-state index in [1.165, 1.54) is 45.2 Å². The summed E-state index contributed by atoms with van der Waals surface area (Å²) < 4.78 is 11.4. The molecule has 0 bridgehead atoms. The summed E-state index contributed by atoms with van der Waals surface area (Å²) in [7, 11) is 0. The second-order valence-electron chi connectivity index (χ2n) is 17.7. The zero-order valence-corrected chi connectivity index (χ0v) is 33.1. The van der Waals surface area contributed by atoms with E-state index in [1.807, 2.05) is 6.20 Å². The molecule has 3 heterocycles. The topological polar surface area (TPSA) is 44.9 Å². The maximum atomic E-state index is 6.88. The van der Waals surface area contributed by atoms with Gasteiger partial charge in [0.1, 0.15) is 17.3 Å². The fourth-order valence-electron chi connectivity index (χ4n) is 8.42. The Morgan fingerprint density at radius 2 is 1.58 bits per heavy atom. The van der Waals surface area contributed by atoms with Crippen molar-refractivity contribution in [1.82, 2.24) is 19.3 Å². The summed E-state index contributed by atoms with van der Waals surface area (Å²) in [6.07, 6.45) is 7.75. The molecule has 1 aliphatic carbocycles. The molecule has 7 rings (SSSR count). The molecule has 2 atom stereocenters. The summed E-state index contributed by atoms with van der Waals surface area (Å²) >= 11 is 0. The molecule has 3 aromatic heterocycles. The molecule has 0 aliphatic heterocycles. The molecule has 1 aliphatic rings. The van der Waals surface area contributed by atoms with Gasteiger partial charge in [-0.05, 0) is 104 Å². The molecule has 0 fully saturated rings. The van der Waals surface area contributed by atoms with E-state index in [2.05, 4.69) is 164 Å². The second kappa shape index (κ2) is 13.4. The fourth-order valence-corrected chi connectivity index (χ4v) is 8.42. The van der Waals surface area contributed by atoms with Gasteiger partial charge >= 0.3 is 0 Å².